The number of carbonyl (C=O) groups excluding carboxylic acids is 1. The Kier molecular flexibility index (Phi) is 6.22. The summed E-state index contributed by atoms with van der Waals surface area (Å²) in [7, 11) is 1.60. The van der Waals surface area contributed by atoms with Crippen molar-refractivity contribution in [1.82, 2.24) is 0 Å². The van der Waals surface area contributed by atoms with Crippen LogP contribution in [0.4, 0.5) is 5.69 Å². The Labute approximate surface area is 170 Å². The second-order valence-corrected chi connectivity index (χ2v) is 6.96. The Bertz CT molecular complexity index is 1000. The highest BCUT2D eigenvalue weighted by Crippen LogP contribution is 2.24. The number of amides is 1. The number of anilines is 1. The summed E-state index contributed by atoms with van der Waals surface area (Å²) in [6, 6.07) is 18.5. The summed E-state index contributed by atoms with van der Waals surface area (Å²) in [6.45, 7) is 4.22. The van der Waals surface area contributed by atoms with Gasteiger partial charge in [-0.05, 0) is 67.4 Å². The van der Waals surface area contributed by atoms with Crippen molar-refractivity contribution in [2.45, 2.75) is 20.5 Å². The Hall–Kier alpha value is -2.98. The van der Waals surface area contributed by atoms with Crippen LogP contribution in [0, 0.1) is 13.8 Å². The number of ether oxygens (including phenoxy) is 2. The summed E-state index contributed by atoms with van der Waals surface area (Å²) in [5.74, 6) is 1.22. The summed E-state index contributed by atoms with van der Waals surface area (Å²) < 4.78 is 11.3. The normalized spacial score (nSPS) is 10.4. The van der Waals surface area contributed by atoms with E-state index in [1.54, 1.807) is 31.4 Å². The molecule has 0 spiro atoms. The average molecular weight is 396 g/mol. The van der Waals surface area contributed by atoms with Crippen LogP contribution < -0.4 is 14.8 Å². The number of benzene rings is 3. The highest BCUT2D eigenvalue weighted by molar-refractivity contribution is 6.31. The van der Waals surface area contributed by atoms with Crippen molar-refractivity contribution in [1.29, 1.82) is 0 Å². The van der Waals surface area contributed by atoms with Gasteiger partial charge in [0.05, 0.1) is 7.11 Å². The molecular formula is C23H22ClNO3. The lowest BCUT2D eigenvalue weighted by Gasteiger charge is -2.13. The fourth-order valence-corrected chi connectivity index (χ4v) is 2.95. The molecule has 0 atom stereocenters. The van der Waals surface area contributed by atoms with E-state index in [1.165, 1.54) is 0 Å². The SMILES string of the molecule is COc1ccc(C(=O)Nc2ccc(C)c(Cl)c2)cc1COc1cccc(C)c1. The van der Waals surface area contributed by atoms with E-state index in [4.69, 9.17) is 21.1 Å². The molecule has 0 aliphatic rings. The standard InChI is InChI=1S/C23H22ClNO3/c1-15-5-4-6-20(11-15)28-14-18-12-17(8-10-22(18)27-3)23(26)25-19-9-7-16(2)21(24)13-19/h4-13H,14H2,1-3H3,(H,25,26). The Morgan fingerprint density at radius 2 is 1.86 bits per heavy atom. The van der Waals surface area contributed by atoms with Crippen LogP contribution >= 0.6 is 11.6 Å². The van der Waals surface area contributed by atoms with E-state index in [9.17, 15) is 4.79 Å². The monoisotopic (exact) mass is 395 g/mol. The van der Waals surface area contributed by atoms with E-state index in [0.29, 0.717) is 28.6 Å². The van der Waals surface area contributed by atoms with E-state index in [2.05, 4.69) is 5.32 Å². The first kappa shape index (κ1) is 19.8. The molecule has 1 N–H and O–H groups in total. The van der Waals surface area contributed by atoms with Crippen LogP contribution in [0.25, 0.3) is 0 Å². The molecule has 0 aromatic heterocycles. The van der Waals surface area contributed by atoms with Gasteiger partial charge in [-0.3, -0.25) is 4.79 Å². The van der Waals surface area contributed by atoms with Gasteiger partial charge in [0.1, 0.15) is 18.1 Å². The van der Waals surface area contributed by atoms with Crippen molar-refractivity contribution in [2.24, 2.45) is 0 Å². The summed E-state index contributed by atoms with van der Waals surface area (Å²) in [6.07, 6.45) is 0. The number of halogens is 1. The van der Waals surface area contributed by atoms with Crippen molar-refractivity contribution < 1.29 is 14.3 Å². The van der Waals surface area contributed by atoms with Gasteiger partial charge in [0.25, 0.3) is 5.91 Å². The minimum absolute atomic E-state index is 0.223. The number of carbonyl (C=O) groups is 1. The first-order valence-electron chi connectivity index (χ1n) is 8.90. The van der Waals surface area contributed by atoms with Crippen LogP contribution in [0.15, 0.2) is 60.7 Å². The molecule has 3 rings (SSSR count). The summed E-state index contributed by atoms with van der Waals surface area (Å²) in [5, 5.41) is 3.48. The van der Waals surface area contributed by atoms with Crippen LogP contribution in [0.1, 0.15) is 27.0 Å². The molecule has 0 radical (unpaired) electrons. The summed E-state index contributed by atoms with van der Waals surface area (Å²) in [5.41, 5.74) is 4.03. The largest absolute Gasteiger partial charge is 0.496 e. The maximum Gasteiger partial charge on any atom is 0.255 e. The van der Waals surface area contributed by atoms with Crippen molar-refractivity contribution in [3.8, 4) is 11.5 Å². The predicted octanol–water partition coefficient (Wildman–Crippen LogP) is 5.80. The third kappa shape index (κ3) is 4.84. The Balaban J connectivity index is 1.77. The number of rotatable bonds is 6. The molecule has 0 saturated carbocycles. The van der Waals surface area contributed by atoms with Crippen molar-refractivity contribution >= 4 is 23.2 Å². The molecule has 0 saturated heterocycles. The van der Waals surface area contributed by atoms with E-state index in [-0.39, 0.29) is 5.91 Å². The average Bonchev–Trinajstić information content (AvgIpc) is 2.69. The maximum atomic E-state index is 12.6. The Morgan fingerprint density at radius 3 is 2.57 bits per heavy atom. The van der Waals surface area contributed by atoms with Crippen LogP contribution in [-0.2, 0) is 6.61 Å². The van der Waals surface area contributed by atoms with E-state index in [1.807, 2.05) is 50.2 Å². The highest BCUT2D eigenvalue weighted by Gasteiger charge is 2.12. The number of aryl methyl sites for hydroxylation is 2. The van der Waals surface area contributed by atoms with Crippen LogP contribution in [0.3, 0.4) is 0 Å². The smallest absolute Gasteiger partial charge is 0.255 e. The van der Waals surface area contributed by atoms with Gasteiger partial charge >= 0.3 is 0 Å². The maximum absolute atomic E-state index is 12.6. The molecule has 144 valence electrons. The zero-order valence-corrected chi connectivity index (χ0v) is 16.8. The first-order valence-corrected chi connectivity index (χ1v) is 9.28. The topological polar surface area (TPSA) is 47.6 Å². The van der Waals surface area contributed by atoms with Gasteiger partial charge in [-0.2, -0.15) is 0 Å². The molecule has 0 bridgehead atoms. The van der Waals surface area contributed by atoms with E-state index < -0.39 is 0 Å². The lowest BCUT2D eigenvalue weighted by atomic mass is 10.1. The summed E-state index contributed by atoms with van der Waals surface area (Å²) in [4.78, 5) is 12.6. The minimum atomic E-state index is -0.223. The van der Waals surface area contributed by atoms with Gasteiger partial charge in [0.15, 0.2) is 0 Å². The second-order valence-electron chi connectivity index (χ2n) is 6.55. The molecule has 0 aliphatic carbocycles. The molecule has 3 aromatic carbocycles. The van der Waals surface area contributed by atoms with Gasteiger partial charge in [0, 0.05) is 21.8 Å². The molecule has 1 amide bonds. The number of methoxy groups -OCH3 is 1. The highest BCUT2D eigenvalue weighted by atomic mass is 35.5. The predicted molar refractivity (Wildman–Crippen MR) is 113 cm³/mol. The van der Waals surface area contributed by atoms with Crippen molar-refractivity contribution in [3.63, 3.8) is 0 Å². The van der Waals surface area contributed by atoms with Gasteiger partial charge in [-0.15, -0.1) is 0 Å². The fourth-order valence-electron chi connectivity index (χ4n) is 2.77. The van der Waals surface area contributed by atoms with Gasteiger partial charge in [0.2, 0.25) is 0 Å². The van der Waals surface area contributed by atoms with Gasteiger partial charge in [-0.25, -0.2) is 0 Å². The van der Waals surface area contributed by atoms with E-state index in [0.717, 1.165) is 22.4 Å². The number of hydrogen-bond acceptors (Lipinski definition) is 3. The lowest BCUT2D eigenvalue weighted by Crippen LogP contribution is -2.13. The third-order valence-corrected chi connectivity index (χ3v) is 4.76. The number of hydrogen-bond donors (Lipinski definition) is 1. The molecule has 0 fully saturated rings. The quantitative estimate of drug-likeness (QED) is 0.574. The van der Waals surface area contributed by atoms with Gasteiger partial charge < -0.3 is 14.8 Å². The molecule has 28 heavy (non-hydrogen) atoms. The third-order valence-electron chi connectivity index (χ3n) is 4.36. The molecule has 0 heterocycles. The van der Waals surface area contributed by atoms with E-state index >= 15 is 0 Å². The molecule has 3 aromatic rings. The molecule has 4 nitrogen and oxygen atoms in total. The molecule has 0 aliphatic heterocycles. The zero-order valence-electron chi connectivity index (χ0n) is 16.1. The van der Waals surface area contributed by atoms with Crippen LogP contribution in [0.5, 0.6) is 11.5 Å². The second kappa shape index (κ2) is 8.81. The van der Waals surface area contributed by atoms with Crippen LogP contribution in [0.2, 0.25) is 5.02 Å². The van der Waals surface area contributed by atoms with Gasteiger partial charge in [-0.1, -0.05) is 29.8 Å². The Morgan fingerprint density at radius 1 is 1.04 bits per heavy atom. The molecule has 5 heteroatoms. The molecule has 0 unspecified atom stereocenters. The zero-order chi connectivity index (χ0) is 20.1. The van der Waals surface area contributed by atoms with Crippen molar-refractivity contribution in [3.05, 3.63) is 87.9 Å². The lowest BCUT2D eigenvalue weighted by molar-refractivity contribution is 0.102. The summed E-state index contributed by atoms with van der Waals surface area (Å²) >= 11 is 6.13. The minimum Gasteiger partial charge on any atom is -0.496 e. The molecular weight excluding hydrogens is 374 g/mol. The fraction of sp³-hybridized carbons (Fsp3) is 0.174. The van der Waals surface area contributed by atoms with Crippen molar-refractivity contribution in [2.75, 3.05) is 12.4 Å². The van der Waals surface area contributed by atoms with Crippen LogP contribution in [-0.4, -0.2) is 13.0 Å². The number of nitrogens with one attached hydrogen (secondary N) is 1. The first-order chi connectivity index (χ1) is 13.5.